The van der Waals surface area contributed by atoms with Crippen LogP contribution in [0.4, 0.5) is 4.79 Å². The lowest BCUT2D eigenvalue weighted by Crippen LogP contribution is -2.40. The van der Waals surface area contributed by atoms with Crippen LogP contribution < -0.4 is 10.9 Å². The number of rotatable bonds is 4. The zero-order chi connectivity index (χ0) is 16.5. The number of imide groups is 1. The lowest BCUT2D eigenvalue weighted by molar-refractivity contribution is -0.130. The fraction of sp³-hybridized carbons (Fsp3) is 0.467. The fourth-order valence-corrected chi connectivity index (χ4v) is 2.40. The summed E-state index contributed by atoms with van der Waals surface area (Å²) < 4.78 is 1.43. The van der Waals surface area contributed by atoms with Crippen LogP contribution in [0.25, 0.3) is 0 Å². The van der Waals surface area contributed by atoms with Crippen LogP contribution in [0.2, 0.25) is 0 Å². The van der Waals surface area contributed by atoms with Crippen LogP contribution in [0.1, 0.15) is 31.4 Å². The Labute approximate surface area is 128 Å². The van der Waals surface area contributed by atoms with Crippen LogP contribution >= 0.6 is 0 Å². The van der Waals surface area contributed by atoms with Gasteiger partial charge in [0.2, 0.25) is 0 Å². The molecule has 1 aliphatic heterocycles. The third-order valence-electron chi connectivity index (χ3n) is 3.71. The average molecular weight is 302 g/mol. The molecule has 0 saturated carbocycles. The first kappa shape index (κ1) is 15.8. The van der Waals surface area contributed by atoms with Gasteiger partial charge in [0.15, 0.2) is 0 Å². The molecule has 3 amide bonds. The number of urea groups is 1. The molecule has 1 aromatic rings. The quantitative estimate of drug-likeness (QED) is 0.830. The fourth-order valence-electron chi connectivity index (χ4n) is 2.40. The predicted octanol–water partition coefficient (Wildman–Crippen LogP) is 0.749. The van der Waals surface area contributed by atoms with Gasteiger partial charge in [-0.05, 0) is 38.8 Å². The Morgan fingerprint density at radius 1 is 1.27 bits per heavy atom. The normalized spacial score (nSPS) is 16.5. The van der Waals surface area contributed by atoms with E-state index in [9.17, 15) is 14.4 Å². The number of carbonyl (C=O) groups excluding carboxylic acids is 2. The van der Waals surface area contributed by atoms with E-state index in [2.05, 4.69) is 5.32 Å². The van der Waals surface area contributed by atoms with Gasteiger partial charge in [-0.1, -0.05) is 0 Å². The maximum Gasteiger partial charge on any atom is 0.325 e. The molecule has 1 N–H and O–H groups in total. The van der Waals surface area contributed by atoms with Gasteiger partial charge in [-0.15, -0.1) is 0 Å². The summed E-state index contributed by atoms with van der Waals surface area (Å²) in [4.78, 5) is 37.0. The van der Waals surface area contributed by atoms with E-state index in [4.69, 9.17) is 5.26 Å². The summed E-state index contributed by atoms with van der Waals surface area (Å²) in [6.45, 7) is 5.58. The van der Waals surface area contributed by atoms with Crippen LogP contribution in [0.15, 0.2) is 17.1 Å². The highest BCUT2D eigenvalue weighted by atomic mass is 16.2. The smallest absolute Gasteiger partial charge is 0.324 e. The number of carbonyl (C=O) groups is 2. The number of aryl methyl sites for hydroxylation is 2. The molecule has 1 fully saturated rings. The number of aromatic nitrogens is 1. The standard InChI is InChI=1S/C15H18N4O3/c1-10-5-8-18(12(20)11(10)9-16)6-4-7-19-13(21)15(2,3)17-14(19)22/h5,8H,4,6-7H2,1-3H3,(H,17,22). The Bertz CT molecular complexity index is 727. The second kappa shape index (κ2) is 5.64. The summed E-state index contributed by atoms with van der Waals surface area (Å²) in [7, 11) is 0. The molecule has 1 saturated heterocycles. The van der Waals surface area contributed by atoms with Crippen molar-refractivity contribution in [2.24, 2.45) is 0 Å². The summed E-state index contributed by atoms with van der Waals surface area (Å²) >= 11 is 0. The van der Waals surface area contributed by atoms with Crippen LogP contribution in [0, 0.1) is 18.3 Å². The van der Waals surface area contributed by atoms with Crippen molar-refractivity contribution >= 4 is 11.9 Å². The summed E-state index contributed by atoms with van der Waals surface area (Å²) in [6.07, 6.45) is 2.07. The average Bonchev–Trinajstić information content (AvgIpc) is 2.63. The first-order valence-electron chi connectivity index (χ1n) is 7.02. The highest BCUT2D eigenvalue weighted by Gasteiger charge is 2.43. The van der Waals surface area contributed by atoms with Gasteiger partial charge in [0, 0.05) is 19.3 Å². The number of nitrogens with one attached hydrogen (secondary N) is 1. The molecular weight excluding hydrogens is 284 g/mol. The van der Waals surface area contributed by atoms with E-state index in [0.29, 0.717) is 18.5 Å². The molecule has 2 rings (SSSR count). The van der Waals surface area contributed by atoms with Gasteiger partial charge in [-0.2, -0.15) is 5.26 Å². The number of nitriles is 1. The molecule has 0 aliphatic carbocycles. The van der Waals surface area contributed by atoms with Gasteiger partial charge in [0.25, 0.3) is 11.5 Å². The molecule has 0 aromatic carbocycles. The third-order valence-corrected chi connectivity index (χ3v) is 3.71. The van der Waals surface area contributed by atoms with E-state index in [-0.39, 0.29) is 23.6 Å². The summed E-state index contributed by atoms with van der Waals surface area (Å²) in [6, 6.07) is 3.19. The first-order valence-corrected chi connectivity index (χ1v) is 7.02. The van der Waals surface area contributed by atoms with Crippen molar-refractivity contribution in [3.8, 4) is 6.07 Å². The maximum absolute atomic E-state index is 12.1. The predicted molar refractivity (Wildman–Crippen MR) is 79.1 cm³/mol. The van der Waals surface area contributed by atoms with Crippen LogP contribution in [-0.4, -0.2) is 33.5 Å². The Morgan fingerprint density at radius 2 is 1.95 bits per heavy atom. The molecule has 0 atom stereocenters. The molecule has 7 heteroatoms. The third kappa shape index (κ3) is 2.72. The van der Waals surface area contributed by atoms with Crippen molar-refractivity contribution < 1.29 is 9.59 Å². The minimum Gasteiger partial charge on any atom is -0.324 e. The number of pyridine rings is 1. The minimum atomic E-state index is -0.883. The van der Waals surface area contributed by atoms with Crippen LogP contribution in [-0.2, 0) is 11.3 Å². The highest BCUT2D eigenvalue weighted by molar-refractivity contribution is 6.06. The van der Waals surface area contributed by atoms with Crippen LogP contribution in [0.3, 0.4) is 0 Å². The minimum absolute atomic E-state index is 0.124. The molecule has 22 heavy (non-hydrogen) atoms. The van der Waals surface area contributed by atoms with Crippen molar-refractivity contribution in [2.45, 2.75) is 39.3 Å². The summed E-state index contributed by atoms with van der Waals surface area (Å²) in [5.41, 5.74) is -0.468. The maximum atomic E-state index is 12.1. The van der Waals surface area contributed by atoms with Gasteiger partial charge < -0.3 is 9.88 Å². The molecule has 2 heterocycles. The van der Waals surface area contributed by atoms with E-state index in [0.717, 1.165) is 4.90 Å². The van der Waals surface area contributed by atoms with Gasteiger partial charge in [-0.3, -0.25) is 14.5 Å². The SMILES string of the molecule is Cc1ccn(CCCN2C(=O)NC(C)(C)C2=O)c(=O)c1C#N. The van der Waals surface area contributed by atoms with Crippen molar-refractivity contribution in [3.05, 3.63) is 33.7 Å². The molecule has 116 valence electrons. The van der Waals surface area contributed by atoms with Crippen molar-refractivity contribution in [1.82, 2.24) is 14.8 Å². The van der Waals surface area contributed by atoms with E-state index >= 15 is 0 Å². The van der Waals surface area contributed by atoms with Gasteiger partial charge in [-0.25, -0.2) is 4.79 Å². The molecule has 0 radical (unpaired) electrons. The van der Waals surface area contributed by atoms with Gasteiger partial charge in [0.05, 0.1) is 0 Å². The van der Waals surface area contributed by atoms with Crippen LogP contribution in [0.5, 0.6) is 0 Å². The number of amides is 3. The van der Waals surface area contributed by atoms with E-state index in [1.165, 1.54) is 4.57 Å². The van der Waals surface area contributed by atoms with E-state index < -0.39 is 11.6 Å². The van der Waals surface area contributed by atoms with Gasteiger partial charge in [0.1, 0.15) is 17.2 Å². The van der Waals surface area contributed by atoms with Crippen molar-refractivity contribution in [2.75, 3.05) is 6.54 Å². The molecule has 0 spiro atoms. The zero-order valence-corrected chi connectivity index (χ0v) is 12.8. The zero-order valence-electron chi connectivity index (χ0n) is 12.8. The monoisotopic (exact) mass is 302 g/mol. The Morgan fingerprint density at radius 3 is 2.50 bits per heavy atom. The largest absolute Gasteiger partial charge is 0.325 e. The lowest BCUT2D eigenvalue weighted by atomic mass is 10.1. The summed E-state index contributed by atoms with van der Waals surface area (Å²) in [5, 5.41) is 11.6. The summed E-state index contributed by atoms with van der Waals surface area (Å²) in [5.74, 6) is -0.272. The van der Waals surface area contributed by atoms with Crippen molar-refractivity contribution in [1.29, 1.82) is 5.26 Å². The molecule has 0 unspecified atom stereocenters. The Balaban J connectivity index is 2.04. The Hall–Kier alpha value is -2.62. The van der Waals surface area contributed by atoms with Gasteiger partial charge >= 0.3 is 6.03 Å². The first-order chi connectivity index (χ1) is 10.3. The molecule has 7 nitrogen and oxygen atoms in total. The number of hydrogen-bond donors (Lipinski definition) is 1. The molecule has 0 bridgehead atoms. The second-order valence-electron chi connectivity index (χ2n) is 5.85. The van der Waals surface area contributed by atoms with E-state index in [1.807, 2.05) is 6.07 Å². The van der Waals surface area contributed by atoms with E-state index in [1.54, 1.807) is 33.0 Å². The highest BCUT2D eigenvalue weighted by Crippen LogP contribution is 2.16. The second-order valence-corrected chi connectivity index (χ2v) is 5.85. The number of nitrogens with zero attached hydrogens (tertiary/aromatic N) is 3. The topological polar surface area (TPSA) is 95.2 Å². The van der Waals surface area contributed by atoms with Crippen molar-refractivity contribution in [3.63, 3.8) is 0 Å². The number of hydrogen-bond acceptors (Lipinski definition) is 4. The molecular formula is C15H18N4O3. The molecule has 1 aliphatic rings. The Kier molecular flexibility index (Phi) is 4.04. The lowest BCUT2D eigenvalue weighted by Gasteiger charge is -2.16. The molecule has 1 aromatic heterocycles.